The van der Waals surface area contributed by atoms with Crippen LogP contribution in [0.4, 0.5) is 5.69 Å². The van der Waals surface area contributed by atoms with Gasteiger partial charge in [-0.15, -0.1) is 0 Å². The van der Waals surface area contributed by atoms with Crippen LogP contribution in [0.15, 0.2) is 24.3 Å². The molecule has 0 radical (unpaired) electrons. The minimum atomic E-state index is -1.70. The molecule has 0 bridgehead atoms. The van der Waals surface area contributed by atoms with Gasteiger partial charge in [0.1, 0.15) is 6.10 Å². The second-order valence-electron chi connectivity index (χ2n) is 4.84. The van der Waals surface area contributed by atoms with Crippen LogP contribution in [0, 0.1) is 0 Å². The summed E-state index contributed by atoms with van der Waals surface area (Å²) in [4.78, 5) is 25.8. The quantitative estimate of drug-likeness (QED) is 0.760. The zero-order chi connectivity index (χ0) is 15.4. The van der Waals surface area contributed by atoms with E-state index in [1.807, 2.05) is 18.2 Å². The van der Waals surface area contributed by atoms with Crippen molar-refractivity contribution in [1.82, 2.24) is 4.90 Å². The highest BCUT2D eigenvalue weighted by Gasteiger charge is 2.30. The Kier molecular flexibility index (Phi) is 5.17. The highest BCUT2D eigenvalue weighted by atomic mass is 35.5. The van der Waals surface area contributed by atoms with Crippen molar-refractivity contribution in [1.29, 1.82) is 0 Å². The summed E-state index contributed by atoms with van der Waals surface area (Å²) in [5.74, 6) is -0.631. The van der Waals surface area contributed by atoms with Crippen molar-refractivity contribution < 1.29 is 19.8 Å². The average Bonchev–Trinajstić information content (AvgIpc) is 2.53. The first-order chi connectivity index (χ1) is 10.0. The molecule has 7 heteroatoms. The number of rotatable bonds is 4. The molecule has 2 N–H and O–H groups in total. The van der Waals surface area contributed by atoms with Gasteiger partial charge in [-0.2, -0.15) is 0 Å². The maximum atomic E-state index is 11.9. The number of halogens is 1. The molecule has 1 saturated heterocycles. The molecule has 0 unspecified atom stereocenters. The third kappa shape index (κ3) is 3.53. The second kappa shape index (κ2) is 6.89. The molecule has 1 aromatic carbocycles. The Morgan fingerprint density at radius 2 is 1.81 bits per heavy atom. The zero-order valence-electron chi connectivity index (χ0n) is 11.4. The van der Waals surface area contributed by atoms with Gasteiger partial charge in [0.05, 0.1) is 10.7 Å². The summed E-state index contributed by atoms with van der Waals surface area (Å²) in [6.07, 6.45) is -3.23. The van der Waals surface area contributed by atoms with Crippen molar-refractivity contribution in [2.24, 2.45) is 0 Å². The van der Waals surface area contributed by atoms with Crippen molar-refractivity contribution in [2.75, 3.05) is 31.1 Å². The molecule has 2 rings (SSSR count). The summed E-state index contributed by atoms with van der Waals surface area (Å²) < 4.78 is 0. The van der Waals surface area contributed by atoms with Crippen LogP contribution in [0.3, 0.4) is 0 Å². The first-order valence-corrected chi connectivity index (χ1v) is 7.02. The highest BCUT2D eigenvalue weighted by molar-refractivity contribution is 6.33. The number of hydrogen-bond acceptors (Lipinski definition) is 5. The van der Waals surface area contributed by atoms with Gasteiger partial charge in [-0.05, 0) is 12.1 Å². The predicted octanol–water partition coefficient (Wildman–Crippen LogP) is -0.0907. The molecule has 6 nitrogen and oxygen atoms in total. The van der Waals surface area contributed by atoms with Crippen LogP contribution < -0.4 is 4.90 Å². The van der Waals surface area contributed by atoms with Crippen LogP contribution in [-0.4, -0.2) is 65.7 Å². The van der Waals surface area contributed by atoms with Gasteiger partial charge in [0.15, 0.2) is 12.4 Å². The number of aldehydes is 1. The molecule has 0 aromatic heterocycles. The normalized spacial score (nSPS) is 18.2. The van der Waals surface area contributed by atoms with Gasteiger partial charge < -0.3 is 24.8 Å². The van der Waals surface area contributed by atoms with Crippen molar-refractivity contribution >= 4 is 29.5 Å². The molecular formula is C14H17ClN2O4. The van der Waals surface area contributed by atoms with E-state index in [2.05, 4.69) is 4.90 Å². The van der Waals surface area contributed by atoms with E-state index < -0.39 is 18.1 Å². The van der Waals surface area contributed by atoms with Crippen molar-refractivity contribution in [2.45, 2.75) is 12.2 Å². The lowest BCUT2D eigenvalue weighted by Crippen LogP contribution is -2.53. The third-order valence-corrected chi connectivity index (χ3v) is 3.82. The van der Waals surface area contributed by atoms with E-state index in [-0.39, 0.29) is 6.29 Å². The Hall–Kier alpha value is -1.63. The summed E-state index contributed by atoms with van der Waals surface area (Å²) in [6.45, 7) is 1.93. The van der Waals surface area contributed by atoms with Crippen LogP contribution in [0.1, 0.15) is 0 Å². The maximum absolute atomic E-state index is 11.9. The lowest BCUT2D eigenvalue weighted by molar-refractivity contribution is -0.149. The first-order valence-electron chi connectivity index (χ1n) is 6.64. The molecule has 114 valence electrons. The van der Waals surface area contributed by atoms with E-state index in [9.17, 15) is 19.8 Å². The van der Waals surface area contributed by atoms with E-state index in [0.29, 0.717) is 31.2 Å². The summed E-state index contributed by atoms with van der Waals surface area (Å²) in [7, 11) is 0. The number of aliphatic hydroxyl groups excluding tert-OH is 2. The van der Waals surface area contributed by atoms with Crippen LogP contribution in [0.5, 0.6) is 0 Å². The van der Waals surface area contributed by atoms with E-state index in [1.165, 1.54) is 4.90 Å². The van der Waals surface area contributed by atoms with E-state index in [1.54, 1.807) is 6.07 Å². The van der Waals surface area contributed by atoms with Gasteiger partial charge in [-0.3, -0.25) is 4.79 Å². The number of aliphatic hydroxyl groups is 2. The number of anilines is 1. The Labute approximate surface area is 127 Å². The fourth-order valence-corrected chi connectivity index (χ4v) is 2.54. The van der Waals surface area contributed by atoms with Gasteiger partial charge in [0.25, 0.3) is 5.91 Å². The number of carbonyl (C=O) groups is 2. The second-order valence-corrected chi connectivity index (χ2v) is 5.24. The van der Waals surface area contributed by atoms with Gasteiger partial charge in [0.2, 0.25) is 0 Å². The molecule has 1 aliphatic rings. The van der Waals surface area contributed by atoms with Gasteiger partial charge in [-0.25, -0.2) is 0 Å². The molecule has 1 amide bonds. The molecule has 1 heterocycles. The van der Waals surface area contributed by atoms with Gasteiger partial charge >= 0.3 is 0 Å². The number of hydrogen-bond donors (Lipinski definition) is 2. The summed E-state index contributed by atoms with van der Waals surface area (Å²) in [6, 6.07) is 7.45. The fourth-order valence-electron chi connectivity index (χ4n) is 2.28. The molecule has 1 aliphatic heterocycles. The third-order valence-electron chi connectivity index (χ3n) is 3.50. The van der Waals surface area contributed by atoms with E-state index in [4.69, 9.17) is 11.6 Å². The summed E-state index contributed by atoms with van der Waals surface area (Å²) in [5.41, 5.74) is 0.903. The molecule has 21 heavy (non-hydrogen) atoms. The molecule has 0 spiro atoms. The monoisotopic (exact) mass is 312 g/mol. The number of nitrogens with zero attached hydrogens (tertiary/aromatic N) is 2. The number of benzene rings is 1. The Balaban J connectivity index is 1.96. The lowest BCUT2D eigenvalue weighted by atomic mass is 10.1. The van der Waals surface area contributed by atoms with Crippen molar-refractivity contribution in [3.63, 3.8) is 0 Å². The standard InChI is InChI=1S/C14H17ClN2O4/c15-10-3-1-2-4-11(10)16-5-7-17(8-6-16)14(21)13(20)12(19)9-18/h1-4,9,12-13,19-20H,5-8H2/t12-,13+/m0/s1. The summed E-state index contributed by atoms with van der Waals surface area (Å²) in [5, 5.41) is 19.4. The Bertz CT molecular complexity index is 517. The molecular weight excluding hydrogens is 296 g/mol. The van der Waals surface area contributed by atoms with Crippen molar-refractivity contribution in [3.8, 4) is 0 Å². The van der Waals surface area contributed by atoms with E-state index >= 15 is 0 Å². The van der Waals surface area contributed by atoms with Crippen LogP contribution >= 0.6 is 11.6 Å². The van der Waals surface area contributed by atoms with Crippen LogP contribution in [0.25, 0.3) is 0 Å². The fraction of sp³-hybridized carbons (Fsp3) is 0.429. The van der Waals surface area contributed by atoms with Gasteiger partial charge in [0, 0.05) is 26.2 Å². The molecule has 0 aliphatic carbocycles. The number of piperazine rings is 1. The SMILES string of the molecule is O=C[C@H](O)[C@@H](O)C(=O)N1CCN(c2ccccc2Cl)CC1. The Morgan fingerprint density at radius 3 is 2.38 bits per heavy atom. The number of carbonyl (C=O) groups excluding carboxylic acids is 2. The van der Waals surface area contributed by atoms with Crippen LogP contribution in [0.2, 0.25) is 5.02 Å². The molecule has 1 fully saturated rings. The maximum Gasteiger partial charge on any atom is 0.254 e. The zero-order valence-corrected chi connectivity index (χ0v) is 12.1. The minimum absolute atomic E-state index is 0.155. The highest BCUT2D eigenvalue weighted by Crippen LogP contribution is 2.26. The smallest absolute Gasteiger partial charge is 0.254 e. The predicted molar refractivity (Wildman–Crippen MR) is 78.3 cm³/mol. The topological polar surface area (TPSA) is 81.1 Å². The summed E-state index contributed by atoms with van der Waals surface area (Å²) >= 11 is 6.13. The Morgan fingerprint density at radius 1 is 1.19 bits per heavy atom. The largest absolute Gasteiger partial charge is 0.382 e. The van der Waals surface area contributed by atoms with Crippen LogP contribution in [-0.2, 0) is 9.59 Å². The molecule has 2 atom stereocenters. The lowest BCUT2D eigenvalue weighted by Gasteiger charge is -2.37. The molecule has 1 aromatic rings. The van der Waals surface area contributed by atoms with Crippen molar-refractivity contribution in [3.05, 3.63) is 29.3 Å². The van der Waals surface area contributed by atoms with E-state index in [0.717, 1.165) is 5.69 Å². The van der Waals surface area contributed by atoms with Gasteiger partial charge in [-0.1, -0.05) is 23.7 Å². The molecule has 0 saturated carbocycles. The minimum Gasteiger partial charge on any atom is -0.382 e. The average molecular weight is 313 g/mol. The number of amides is 1. The number of para-hydroxylation sites is 1. The first kappa shape index (κ1) is 15.8.